The second-order valence-corrected chi connectivity index (χ2v) is 10.0. The van der Waals surface area contributed by atoms with Crippen molar-refractivity contribution in [3.05, 3.63) is 98.9 Å². The van der Waals surface area contributed by atoms with E-state index in [1.54, 1.807) is 18.1 Å². The number of benzene rings is 3. The van der Waals surface area contributed by atoms with Gasteiger partial charge in [0, 0.05) is 5.69 Å². The highest BCUT2D eigenvalue weighted by molar-refractivity contribution is 6.10. The quantitative estimate of drug-likeness (QED) is 0.288. The molecular formula is C31H31NO5. The normalized spacial score (nSPS) is 14.9. The maximum atomic E-state index is 13.9. The molecule has 190 valence electrons. The van der Waals surface area contributed by atoms with Crippen LogP contribution in [0, 0.1) is 19.8 Å². The molecule has 1 aromatic heterocycles. The Hall–Kier alpha value is -4.06. The zero-order valence-electron chi connectivity index (χ0n) is 21.8. The Morgan fingerprint density at radius 2 is 1.73 bits per heavy atom. The molecule has 0 N–H and O–H groups in total. The Bertz CT molecular complexity index is 1550. The van der Waals surface area contributed by atoms with Gasteiger partial charge in [-0.3, -0.25) is 14.5 Å². The second kappa shape index (κ2) is 9.77. The van der Waals surface area contributed by atoms with Crippen molar-refractivity contribution in [2.75, 3.05) is 18.6 Å². The van der Waals surface area contributed by atoms with Gasteiger partial charge in [-0.1, -0.05) is 43.7 Å². The SMILES string of the molecule is COc1cc(C2c3c(oc4ccc(C)cc4c3=O)C(=O)N2c2cccc(C)c2)ccc1OCCC(C)C. The zero-order chi connectivity index (χ0) is 26.3. The lowest BCUT2D eigenvalue weighted by Gasteiger charge is -2.26. The van der Waals surface area contributed by atoms with E-state index in [-0.39, 0.29) is 17.1 Å². The number of methoxy groups -OCH3 is 1. The molecule has 0 aliphatic carbocycles. The molecule has 1 aliphatic heterocycles. The number of carbonyl (C=O) groups is 1. The highest BCUT2D eigenvalue weighted by Gasteiger charge is 2.44. The summed E-state index contributed by atoms with van der Waals surface area (Å²) in [4.78, 5) is 29.3. The van der Waals surface area contributed by atoms with E-state index in [0.717, 1.165) is 23.1 Å². The lowest BCUT2D eigenvalue weighted by Crippen LogP contribution is -2.29. The Morgan fingerprint density at radius 3 is 2.46 bits per heavy atom. The first kappa shape index (κ1) is 24.6. The van der Waals surface area contributed by atoms with E-state index in [1.165, 1.54) is 0 Å². The van der Waals surface area contributed by atoms with Crippen LogP contribution in [0.2, 0.25) is 0 Å². The van der Waals surface area contributed by atoms with Gasteiger partial charge in [0.25, 0.3) is 5.91 Å². The van der Waals surface area contributed by atoms with Crippen molar-refractivity contribution >= 4 is 22.6 Å². The smallest absolute Gasteiger partial charge is 0.295 e. The van der Waals surface area contributed by atoms with Crippen LogP contribution in [0.5, 0.6) is 11.5 Å². The number of anilines is 1. The molecule has 0 saturated carbocycles. The van der Waals surface area contributed by atoms with Crippen molar-refractivity contribution in [1.82, 2.24) is 0 Å². The first-order chi connectivity index (χ1) is 17.8. The summed E-state index contributed by atoms with van der Waals surface area (Å²) in [5.74, 6) is 1.42. The number of carbonyl (C=O) groups excluding carboxylic acids is 1. The van der Waals surface area contributed by atoms with Gasteiger partial charge in [0.2, 0.25) is 5.76 Å². The largest absolute Gasteiger partial charge is 0.493 e. The average Bonchev–Trinajstić information content (AvgIpc) is 3.17. The third-order valence-electron chi connectivity index (χ3n) is 6.76. The molecule has 1 amide bonds. The summed E-state index contributed by atoms with van der Waals surface area (Å²) in [5.41, 5.74) is 3.91. The molecule has 6 nitrogen and oxygen atoms in total. The lowest BCUT2D eigenvalue weighted by molar-refractivity contribution is 0.0971. The summed E-state index contributed by atoms with van der Waals surface area (Å²) < 4.78 is 17.7. The molecule has 3 aromatic carbocycles. The van der Waals surface area contributed by atoms with Gasteiger partial charge in [0.05, 0.1) is 30.7 Å². The fourth-order valence-corrected chi connectivity index (χ4v) is 4.82. The molecule has 6 heteroatoms. The van der Waals surface area contributed by atoms with Gasteiger partial charge in [-0.15, -0.1) is 0 Å². The highest BCUT2D eigenvalue weighted by Crippen LogP contribution is 2.43. The second-order valence-electron chi connectivity index (χ2n) is 10.0. The van der Waals surface area contributed by atoms with Crippen molar-refractivity contribution < 1.29 is 18.7 Å². The number of hydrogen-bond acceptors (Lipinski definition) is 5. The molecule has 37 heavy (non-hydrogen) atoms. The third kappa shape index (κ3) is 4.48. The minimum absolute atomic E-state index is 0.0732. The van der Waals surface area contributed by atoms with Gasteiger partial charge in [-0.05, 0) is 73.7 Å². The van der Waals surface area contributed by atoms with Crippen LogP contribution < -0.4 is 19.8 Å². The molecule has 0 bridgehead atoms. The van der Waals surface area contributed by atoms with Gasteiger partial charge in [0.1, 0.15) is 5.58 Å². The van der Waals surface area contributed by atoms with Gasteiger partial charge >= 0.3 is 0 Å². The summed E-state index contributed by atoms with van der Waals surface area (Å²) in [5, 5.41) is 0.461. The third-order valence-corrected chi connectivity index (χ3v) is 6.76. The zero-order valence-corrected chi connectivity index (χ0v) is 21.8. The topological polar surface area (TPSA) is 69.0 Å². The van der Waals surface area contributed by atoms with Crippen LogP contribution in [-0.4, -0.2) is 19.6 Å². The summed E-state index contributed by atoms with van der Waals surface area (Å²) in [6, 6.07) is 18.0. The number of rotatable bonds is 7. The number of ether oxygens (including phenoxy) is 2. The molecule has 2 heterocycles. The van der Waals surface area contributed by atoms with Crippen molar-refractivity contribution in [1.29, 1.82) is 0 Å². The van der Waals surface area contributed by atoms with Crippen LogP contribution in [0.1, 0.15) is 59.1 Å². The minimum Gasteiger partial charge on any atom is -0.493 e. The molecular weight excluding hydrogens is 466 g/mol. The maximum Gasteiger partial charge on any atom is 0.295 e. The van der Waals surface area contributed by atoms with E-state index in [9.17, 15) is 9.59 Å². The standard InChI is InChI=1S/C31H31NO5/c1-18(2)13-14-36-25-12-10-21(17-26(25)35-5)28-27-29(33)23-16-20(4)9-11-24(23)37-30(27)31(34)32(28)22-8-6-7-19(3)15-22/h6-12,15-18,28H,13-14H2,1-5H3. The van der Waals surface area contributed by atoms with Gasteiger partial charge in [0.15, 0.2) is 16.9 Å². The molecule has 1 aliphatic rings. The molecule has 4 aromatic rings. The predicted molar refractivity (Wildman–Crippen MR) is 145 cm³/mol. The molecule has 0 radical (unpaired) electrons. The molecule has 0 fully saturated rings. The van der Waals surface area contributed by atoms with Crippen molar-refractivity contribution in [3.8, 4) is 11.5 Å². The maximum absolute atomic E-state index is 13.9. The van der Waals surface area contributed by atoms with Gasteiger partial charge in [-0.2, -0.15) is 0 Å². The average molecular weight is 498 g/mol. The Labute approximate surface area is 216 Å². The first-order valence-corrected chi connectivity index (χ1v) is 12.6. The summed E-state index contributed by atoms with van der Waals surface area (Å²) >= 11 is 0. The fourth-order valence-electron chi connectivity index (χ4n) is 4.82. The Morgan fingerprint density at radius 1 is 0.946 bits per heavy atom. The van der Waals surface area contributed by atoms with Crippen LogP contribution in [0.15, 0.2) is 69.9 Å². The van der Waals surface area contributed by atoms with Crippen LogP contribution in [0.25, 0.3) is 11.0 Å². The van der Waals surface area contributed by atoms with E-state index in [0.29, 0.717) is 46.2 Å². The monoisotopic (exact) mass is 497 g/mol. The van der Waals surface area contributed by atoms with E-state index in [4.69, 9.17) is 13.9 Å². The van der Waals surface area contributed by atoms with E-state index >= 15 is 0 Å². The highest BCUT2D eigenvalue weighted by atomic mass is 16.5. The lowest BCUT2D eigenvalue weighted by atomic mass is 9.97. The molecule has 0 spiro atoms. The predicted octanol–water partition coefficient (Wildman–Crippen LogP) is 6.59. The van der Waals surface area contributed by atoms with Crippen LogP contribution >= 0.6 is 0 Å². The Balaban J connectivity index is 1.69. The van der Waals surface area contributed by atoms with E-state index in [1.807, 2.05) is 68.4 Å². The number of amides is 1. The number of hydrogen-bond donors (Lipinski definition) is 0. The van der Waals surface area contributed by atoms with Gasteiger partial charge < -0.3 is 13.9 Å². The number of nitrogens with zero attached hydrogens (tertiary/aromatic N) is 1. The van der Waals surface area contributed by atoms with E-state index < -0.39 is 6.04 Å². The van der Waals surface area contributed by atoms with Crippen LogP contribution in [0.4, 0.5) is 5.69 Å². The Kier molecular flexibility index (Phi) is 6.50. The summed E-state index contributed by atoms with van der Waals surface area (Å²) in [7, 11) is 1.59. The minimum atomic E-state index is -0.677. The molecule has 1 unspecified atom stereocenters. The molecule has 0 saturated heterocycles. The van der Waals surface area contributed by atoms with Crippen molar-refractivity contribution in [3.63, 3.8) is 0 Å². The van der Waals surface area contributed by atoms with Gasteiger partial charge in [-0.25, -0.2) is 0 Å². The van der Waals surface area contributed by atoms with E-state index in [2.05, 4.69) is 13.8 Å². The van der Waals surface area contributed by atoms with Crippen LogP contribution in [-0.2, 0) is 0 Å². The molecule has 5 rings (SSSR count). The summed E-state index contributed by atoms with van der Waals surface area (Å²) in [6.45, 7) is 8.77. The number of fused-ring (bicyclic) bond motifs is 2. The molecule has 1 atom stereocenters. The fraction of sp³-hybridized carbons (Fsp3) is 0.290. The first-order valence-electron chi connectivity index (χ1n) is 12.6. The number of aryl methyl sites for hydroxylation is 2. The van der Waals surface area contributed by atoms with Crippen molar-refractivity contribution in [2.45, 2.75) is 40.2 Å². The van der Waals surface area contributed by atoms with Crippen molar-refractivity contribution in [2.24, 2.45) is 5.92 Å². The summed E-state index contributed by atoms with van der Waals surface area (Å²) in [6.07, 6.45) is 0.921. The van der Waals surface area contributed by atoms with Crippen LogP contribution in [0.3, 0.4) is 0 Å².